The Morgan fingerprint density at radius 2 is 1.53 bits per heavy atom. The molecule has 0 bridgehead atoms. The van der Waals surface area contributed by atoms with Gasteiger partial charge < -0.3 is 31.9 Å². The van der Waals surface area contributed by atoms with Crippen molar-refractivity contribution >= 4 is 42.3 Å². The lowest BCUT2D eigenvalue weighted by Gasteiger charge is -2.22. The van der Waals surface area contributed by atoms with Crippen LogP contribution < -0.4 is 21.7 Å². The number of rotatable bonds is 13. The Hall–Kier alpha value is -3.12. The van der Waals surface area contributed by atoms with Crippen molar-refractivity contribution in [2.24, 2.45) is 5.73 Å². The van der Waals surface area contributed by atoms with E-state index in [0.717, 1.165) is 0 Å². The van der Waals surface area contributed by atoms with Crippen molar-refractivity contribution < 1.29 is 34.2 Å². The Morgan fingerprint density at radius 3 is 2.06 bits per heavy atom. The largest absolute Gasteiger partial charge is 0.481 e. The topological polar surface area (TPSA) is 188 Å². The van der Waals surface area contributed by atoms with Gasteiger partial charge in [0.15, 0.2) is 0 Å². The molecule has 3 amide bonds. The quantitative estimate of drug-likeness (QED) is 0.178. The molecule has 0 saturated heterocycles. The molecular weight excluding hydrogens is 440 g/mol. The number of amides is 3. The van der Waals surface area contributed by atoms with Crippen LogP contribution in [0.1, 0.15) is 25.3 Å². The van der Waals surface area contributed by atoms with Crippen LogP contribution in [0.3, 0.4) is 0 Å². The maximum Gasteiger partial charge on any atom is 0.326 e. The number of aliphatic carboxylic acids is 2. The van der Waals surface area contributed by atoms with E-state index in [1.807, 2.05) is 0 Å². The van der Waals surface area contributed by atoms with E-state index in [9.17, 15) is 29.1 Å². The second kappa shape index (κ2) is 13.3. The molecule has 0 radical (unpaired) electrons. The number of thiol groups is 1. The zero-order valence-corrected chi connectivity index (χ0v) is 18.4. The lowest BCUT2D eigenvalue weighted by atomic mass is 10.1. The van der Waals surface area contributed by atoms with Gasteiger partial charge in [0.1, 0.15) is 18.1 Å². The van der Waals surface area contributed by atoms with Crippen LogP contribution in [0, 0.1) is 0 Å². The van der Waals surface area contributed by atoms with Crippen LogP contribution in [0.25, 0.3) is 0 Å². The minimum Gasteiger partial charge on any atom is -0.481 e. The number of benzene rings is 1. The first-order valence-corrected chi connectivity index (χ1v) is 10.4. The summed E-state index contributed by atoms with van der Waals surface area (Å²) < 4.78 is 0. The number of carboxylic acids is 2. The Balaban J connectivity index is 2.66. The minimum atomic E-state index is -1.23. The average Bonchev–Trinajstić information content (AvgIpc) is 2.75. The van der Waals surface area contributed by atoms with Crippen molar-refractivity contribution in [2.45, 2.75) is 50.4 Å². The van der Waals surface area contributed by atoms with Gasteiger partial charge in [0.05, 0.1) is 6.04 Å². The molecule has 1 aromatic carbocycles. The minimum absolute atomic E-state index is 0.0514. The van der Waals surface area contributed by atoms with Gasteiger partial charge in [0.25, 0.3) is 0 Å². The summed E-state index contributed by atoms with van der Waals surface area (Å²) in [4.78, 5) is 59.0. The van der Waals surface area contributed by atoms with Gasteiger partial charge in [0.2, 0.25) is 17.7 Å². The van der Waals surface area contributed by atoms with Gasteiger partial charge in [-0.3, -0.25) is 19.2 Å². The molecule has 0 aliphatic carbocycles. The summed E-state index contributed by atoms with van der Waals surface area (Å²) in [5.41, 5.74) is 6.31. The molecular formula is C20H28N4O7S. The highest BCUT2D eigenvalue weighted by atomic mass is 32.1. The average molecular weight is 469 g/mol. The third-order valence-electron chi connectivity index (χ3n) is 4.47. The van der Waals surface area contributed by atoms with Gasteiger partial charge in [-0.1, -0.05) is 30.3 Å². The summed E-state index contributed by atoms with van der Waals surface area (Å²) in [6, 6.07) is 4.18. The third kappa shape index (κ3) is 9.35. The Bertz CT molecular complexity index is 821. The van der Waals surface area contributed by atoms with Gasteiger partial charge in [-0.25, -0.2) is 4.79 Å². The van der Waals surface area contributed by atoms with E-state index in [4.69, 9.17) is 10.8 Å². The Morgan fingerprint density at radius 1 is 0.938 bits per heavy atom. The third-order valence-corrected chi connectivity index (χ3v) is 4.84. The van der Waals surface area contributed by atoms with E-state index >= 15 is 0 Å². The molecule has 12 heteroatoms. The van der Waals surface area contributed by atoms with E-state index in [1.54, 1.807) is 30.3 Å². The molecule has 0 aliphatic rings. The van der Waals surface area contributed by atoms with E-state index in [-0.39, 0.29) is 25.0 Å². The highest BCUT2D eigenvalue weighted by Gasteiger charge is 2.28. The molecule has 1 aromatic rings. The van der Waals surface area contributed by atoms with E-state index in [0.29, 0.717) is 5.56 Å². The van der Waals surface area contributed by atoms with Crippen LogP contribution in [-0.2, 0) is 30.4 Å². The van der Waals surface area contributed by atoms with Gasteiger partial charge in [-0.05, 0) is 18.9 Å². The highest BCUT2D eigenvalue weighted by Crippen LogP contribution is 2.04. The van der Waals surface area contributed by atoms with E-state index < -0.39 is 53.8 Å². The maximum absolute atomic E-state index is 12.5. The first-order chi connectivity index (χ1) is 15.0. The number of hydrogen-bond donors (Lipinski definition) is 7. The number of nitrogens with two attached hydrogens (primary N) is 1. The fourth-order valence-corrected chi connectivity index (χ4v) is 2.87. The normalized spacial score (nSPS) is 14.3. The Kier molecular flexibility index (Phi) is 11.2. The van der Waals surface area contributed by atoms with Crippen molar-refractivity contribution in [3.8, 4) is 0 Å². The van der Waals surface area contributed by atoms with Crippen LogP contribution in [0.5, 0.6) is 0 Å². The predicted molar refractivity (Wildman–Crippen MR) is 118 cm³/mol. The van der Waals surface area contributed by atoms with E-state index in [1.165, 1.54) is 6.92 Å². The van der Waals surface area contributed by atoms with Crippen molar-refractivity contribution in [1.29, 1.82) is 0 Å². The summed E-state index contributed by atoms with van der Waals surface area (Å²) in [5, 5.41) is 25.2. The molecule has 7 N–H and O–H groups in total. The molecule has 0 spiro atoms. The molecule has 1 rings (SSSR count). The molecule has 0 aromatic heterocycles. The number of hydrogen-bond acceptors (Lipinski definition) is 7. The van der Waals surface area contributed by atoms with Gasteiger partial charge in [0, 0.05) is 18.6 Å². The second-order valence-corrected chi connectivity index (χ2v) is 7.47. The molecule has 4 unspecified atom stereocenters. The summed E-state index contributed by atoms with van der Waals surface area (Å²) in [5.74, 6) is -4.62. The number of nitrogens with one attached hydrogen (secondary N) is 3. The van der Waals surface area contributed by atoms with Crippen LogP contribution in [-0.4, -0.2) is 69.8 Å². The first-order valence-electron chi connectivity index (χ1n) is 9.81. The van der Waals surface area contributed by atoms with Crippen molar-refractivity contribution in [3.05, 3.63) is 35.9 Å². The number of carbonyl (C=O) groups is 5. The van der Waals surface area contributed by atoms with E-state index in [2.05, 4.69) is 28.6 Å². The fraction of sp³-hybridized carbons (Fsp3) is 0.450. The molecule has 0 heterocycles. The van der Waals surface area contributed by atoms with Crippen molar-refractivity contribution in [3.63, 3.8) is 0 Å². The number of carbonyl (C=O) groups excluding carboxylic acids is 3. The smallest absolute Gasteiger partial charge is 0.326 e. The fourth-order valence-electron chi connectivity index (χ4n) is 2.61. The molecule has 0 fully saturated rings. The van der Waals surface area contributed by atoms with Crippen molar-refractivity contribution in [1.82, 2.24) is 16.0 Å². The standard InChI is InChI=1S/C20H28N4O7S/c1-11(22-18(28)13(21)7-8-16(25)26)17(27)24-15(10-32)19(29)23-14(20(30)31)9-12-5-3-2-4-6-12/h2-6,11,13-15,32H,7-10,21H2,1H3,(H,22,28)(H,23,29)(H,24,27)(H,25,26)(H,30,31). The lowest BCUT2D eigenvalue weighted by Crippen LogP contribution is -2.57. The molecule has 4 atom stereocenters. The zero-order valence-electron chi connectivity index (χ0n) is 17.5. The van der Waals surface area contributed by atoms with Crippen molar-refractivity contribution in [2.75, 3.05) is 5.75 Å². The molecule has 32 heavy (non-hydrogen) atoms. The lowest BCUT2D eigenvalue weighted by molar-refractivity contribution is -0.142. The van der Waals surface area contributed by atoms with Crippen LogP contribution >= 0.6 is 12.6 Å². The predicted octanol–water partition coefficient (Wildman–Crippen LogP) is -1.09. The first kappa shape index (κ1) is 26.9. The Labute approximate surface area is 190 Å². The summed E-state index contributed by atoms with van der Waals surface area (Å²) in [6.45, 7) is 1.36. The molecule has 176 valence electrons. The monoisotopic (exact) mass is 468 g/mol. The van der Waals surface area contributed by atoms with Crippen LogP contribution in [0.15, 0.2) is 30.3 Å². The molecule has 0 aliphatic heterocycles. The van der Waals surface area contributed by atoms with Gasteiger partial charge in [-0.2, -0.15) is 12.6 Å². The van der Waals surface area contributed by atoms with Crippen LogP contribution in [0.4, 0.5) is 0 Å². The summed E-state index contributed by atoms with van der Waals surface area (Å²) in [7, 11) is 0. The van der Waals surface area contributed by atoms with Crippen LogP contribution in [0.2, 0.25) is 0 Å². The SMILES string of the molecule is CC(NC(=O)C(N)CCC(=O)O)C(=O)NC(CS)C(=O)NC(Cc1ccccc1)C(=O)O. The second-order valence-electron chi connectivity index (χ2n) is 7.10. The van der Waals surface area contributed by atoms with Gasteiger partial charge in [-0.15, -0.1) is 0 Å². The maximum atomic E-state index is 12.5. The number of carboxylic acid groups (broad SMARTS) is 2. The molecule has 0 saturated carbocycles. The zero-order chi connectivity index (χ0) is 24.3. The van der Waals surface area contributed by atoms with Gasteiger partial charge >= 0.3 is 11.9 Å². The molecule has 11 nitrogen and oxygen atoms in total. The summed E-state index contributed by atoms with van der Waals surface area (Å²) >= 11 is 4.03. The highest BCUT2D eigenvalue weighted by molar-refractivity contribution is 7.80. The summed E-state index contributed by atoms with van der Waals surface area (Å²) in [6.07, 6.45) is -0.351.